The number of fused-ring (bicyclic) bond motifs is 1. The topological polar surface area (TPSA) is 49.5 Å². The first-order valence-corrected chi connectivity index (χ1v) is 4.96. The van der Waals surface area contributed by atoms with Gasteiger partial charge in [0.05, 0.1) is 0 Å². The second-order valence-corrected chi connectivity index (χ2v) is 3.88. The van der Waals surface area contributed by atoms with Gasteiger partial charge in [0.25, 0.3) is 0 Å². The SMILES string of the molecule is CB(O)N1CCc2cc(N)ccc2C1. The molecule has 1 aromatic carbocycles. The summed E-state index contributed by atoms with van der Waals surface area (Å²) in [6.07, 6.45) is 0.977. The van der Waals surface area contributed by atoms with Crippen molar-refractivity contribution in [2.24, 2.45) is 0 Å². The molecule has 3 nitrogen and oxygen atoms in total. The molecule has 0 saturated carbocycles. The van der Waals surface area contributed by atoms with Crippen molar-refractivity contribution in [3.8, 4) is 0 Å². The van der Waals surface area contributed by atoms with E-state index >= 15 is 0 Å². The van der Waals surface area contributed by atoms with Gasteiger partial charge in [-0.3, -0.25) is 0 Å². The molecule has 1 aliphatic rings. The van der Waals surface area contributed by atoms with Gasteiger partial charge in [0.2, 0.25) is 0 Å². The number of benzene rings is 1. The summed E-state index contributed by atoms with van der Waals surface area (Å²) < 4.78 is 0. The summed E-state index contributed by atoms with van der Waals surface area (Å²) in [5, 5.41) is 9.46. The van der Waals surface area contributed by atoms with Crippen molar-refractivity contribution in [1.82, 2.24) is 4.81 Å². The maximum Gasteiger partial charge on any atom is 0.376 e. The van der Waals surface area contributed by atoms with Crippen LogP contribution in [-0.4, -0.2) is 23.4 Å². The lowest BCUT2D eigenvalue weighted by Crippen LogP contribution is -2.40. The summed E-state index contributed by atoms with van der Waals surface area (Å²) in [5.74, 6) is 0. The molecule has 0 amide bonds. The largest absolute Gasteiger partial charge is 0.437 e. The van der Waals surface area contributed by atoms with Gasteiger partial charge in [0.1, 0.15) is 0 Å². The lowest BCUT2D eigenvalue weighted by molar-refractivity contribution is 0.347. The predicted molar refractivity (Wildman–Crippen MR) is 58.8 cm³/mol. The van der Waals surface area contributed by atoms with Crippen molar-refractivity contribution in [2.75, 3.05) is 12.3 Å². The van der Waals surface area contributed by atoms with Crippen molar-refractivity contribution in [3.05, 3.63) is 29.3 Å². The van der Waals surface area contributed by atoms with Gasteiger partial charge >= 0.3 is 7.05 Å². The first kappa shape index (κ1) is 9.56. The Morgan fingerprint density at radius 1 is 1.43 bits per heavy atom. The Labute approximate surface area is 84.7 Å². The van der Waals surface area contributed by atoms with Gasteiger partial charge in [-0.2, -0.15) is 0 Å². The molecule has 0 atom stereocenters. The van der Waals surface area contributed by atoms with Crippen LogP contribution in [0.1, 0.15) is 11.1 Å². The number of hydrogen-bond acceptors (Lipinski definition) is 3. The van der Waals surface area contributed by atoms with E-state index in [4.69, 9.17) is 5.73 Å². The van der Waals surface area contributed by atoms with Crippen molar-refractivity contribution in [1.29, 1.82) is 0 Å². The number of nitrogen functional groups attached to an aromatic ring is 1. The van der Waals surface area contributed by atoms with E-state index in [0.717, 1.165) is 25.2 Å². The zero-order chi connectivity index (χ0) is 10.1. The van der Waals surface area contributed by atoms with E-state index in [1.54, 1.807) is 0 Å². The van der Waals surface area contributed by atoms with Crippen LogP contribution in [0.4, 0.5) is 5.69 Å². The average Bonchev–Trinajstić information content (AvgIpc) is 2.16. The molecule has 0 fully saturated rings. The highest BCUT2D eigenvalue weighted by molar-refractivity contribution is 6.45. The summed E-state index contributed by atoms with van der Waals surface area (Å²) >= 11 is 0. The highest BCUT2D eigenvalue weighted by Gasteiger charge is 2.21. The summed E-state index contributed by atoms with van der Waals surface area (Å²) in [6.45, 7) is 3.55. The van der Waals surface area contributed by atoms with E-state index in [1.165, 1.54) is 11.1 Å². The van der Waals surface area contributed by atoms with Crippen molar-refractivity contribution >= 4 is 12.7 Å². The third kappa shape index (κ3) is 1.76. The van der Waals surface area contributed by atoms with Crippen LogP contribution in [0, 0.1) is 0 Å². The fourth-order valence-electron chi connectivity index (χ4n) is 1.91. The van der Waals surface area contributed by atoms with Gasteiger partial charge in [-0.1, -0.05) is 6.07 Å². The first-order chi connectivity index (χ1) is 6.66. The minimum absolute atomic E-state index is 0.360. The van der Waals surface area contributed by atoms with Gasteiger partial charge in [0, 0.05) is 12.2 Å². The van der Waals surface area contributed by atoms with Gasteiger partial charge in [-0.15, -0.1) is 0 Å². The average molecular weight is 190 g/mol. The Bertz CT molecular complexity index is 341. The number of rotatable bonds is 1. The number of hydrogen-bond donors (Lipinski definition) is 2. The van der Waals surface area contributed by atoms with Crippen LogP contribution in [0.3, 0.4) is 0 Å². The van der Waals surface area contributed by atoms with Crippen LogP contribution < -0.4 is 5.73 Å². The van der Waals surface area contributed by atoms with E-state index in [-0.39, 0.29) is 7.05 Å². The zero-order valence-electron chi connectivity index (χ0n) is 8.40. The monoisotopic (exact) mass is 190 g/mol. The lowest BCUT2D eigenvalue weighted by Gasteiger charge is -2.29. The van der Waals surface area contributed by atoms with E-state index in [0.29, 0.717) is 0 Å². The molecule has 0 aliphatic carbocycles. The molecule has 0 saturated heterocycles. The molecule has 74 valence electrons. The third-order valence-corrected chi connectivity index (χ3v) is 2.80. The Balaban J connectivity index is 2.23. The molecule has 1 aromatic rings. The molecular formula is C10H15BN2O. The van der Waals surface area contributed by atoms with E-state index in [1.807, 2.05) is 19.0 Å². The minimum atomic E-state index is -0.360. The van der Waals surface area contributed by atoms with Crippen LogP contribution in [0.5, 0.6) is 0 Å². The number of nitrogens with two attached hydrogens (primary N) is 1. The summed E-state index contributed by atoms with van der Waals surface area (Å²) in [5.41, 5.74) is 9.15. The van der Waals surface area contributed by atoms with Gasteiger partial charge in [0.15, 0.2) is 0 Å². The Kier molecular flexibility index (Phi) is 2.48. The highest BCUT2D eigenvalue weighted by atomic mass is 16.2. The fourth-order valence-corrected chi connectivity index (χ4v) is 1.91. The maximum absolute atomic E-state index is 9.46. The molecule has 0 aromatic heterocycles. The molecule has 0 bridgehead atoms. The van der Waals surface area contributed by atoms with Gasteiger partial charge < -0.3 is 15.6 Å². The molecule has 0 spiro atoms. The highest BCUT2D eigenvalue weighted by Crippen LogP contribution is 2.21. The first-order valence-electron chi connectivity index (χ1n) is 4.96. The minimum Gasteiger partial charge on any atom is -0.437 e. The van der Waals surface area contributed by atoms with Gasteiger partial charge in [-0.05, 0) is 43.0 Å². The Morgan fingerprint density at radius 2 is 2.21 bits per heavy atom. The fraction of sp³-hybridized carbons (Fsp3) is 0.400. The van der Waals surface area contributed by atoms with Crippen LogP contribution in [0.15, 0.2) is 18.2 Å². The van der Waals surface area contributed by atoms with Crippen molar-refractivity contribution in [2.45, 2.75) is 19.8 Å². The maximum atomic E-state index is 9.46. The number of nitrogens with zero attached hydrogens (tertiary/aromatic N) is 1. The lowest BCUT2D eigenvalue weighted by atomic mass is 9.81. The van der Waals surface area contributed by atoms with Crippen LogP contribution in [-0.2, 0) is 13.0 Å². The summed E-state index contributed by atoms with van der Waals surface area (Å²) in [4.78, 5) is 2.05. The second-order valence-electron chi connectivity index (χ2n) is 3.88. The second kappa shape index (κ2) is 3.63. The molecule has 4 heteroatoms. The van der Waals surface area contributed by atoms with Crippen LogP contribution in [0.25, 0.3) is 0 Å². The third-order valence-electron chi connectivity index (χ3n) is 2.80. The molecule has 0 radical (unpaired) electrons. The Hall–Kier alpha value is -0.995. The summed E-state index contributed by atoms with van der Waals surface area (Å²) in [7, 11) is -0.360. The standard InChI is InChI=1S/C10H15BN2O/c1-11(14)13-5-4-8-6-10(12)3-2-9(8)7-13/h2-3,6,14H,4-5,7,12H2,1H3. The molecule has 1 aliphatic heterocycles. The quantitative estimate of drug-likeness (QED) is 0.507. The molecule has 3 N–H and O–H groups in total. The van der Waals surface area contributed by atoms with Crippen LogP contribution in [0.2, 0.25) is 6.82 Å². The van der Waals surface area contributed by atoms with Crippen molar-refractivity contribution in [3.63, 3.8) is 0 Å². The Morgan fingerprint density at radius 3 is 2.93 bits per heavy atom. The zero-order valence-corrected chi connectivity index (χ0v) is 8.40. The van der Waals surface area contributed by atoms with Crippen LogP contribution >= 0.6 is 0 Å². The van der Waals surface area contributed by atoms with E-state index in [9.17, 15) is 5.02 Å². The van der Waals surface area contributed by atoms with E-state index < -0.39 is 0 Å². The van der Waals surface area contributed by atoms with Gasteiger partial charge in [-0.25, -0.2) is 0 Å². The normalized spacial score (nSPS) is 16.4. The summed E-state index contributed by atoms with van der Waals surface area (Å²) in [6, 6.07) is 6.01. The van der Waals surface area contributed by atoms with Crippen molar-refractivity contribution < 1.29 is 5.02 Å². The molecular weight excluding hydrogens is 175 g/mol. The molecule has 2 rings (SSSR count). The molecule has 0 unspecified atom stereocenters. The molecule has 14 heavy (non-hydrogen) atoms. The molecule has 1 heterocycles. The number of anilines is 1. The van der Waals surface area contributed by atoms with E-state index in [2.05, 4.69) is 10.9 Å². The predicted octanol–water partition coefficient (Wildman–Crippen LogP) is 0.737. The smallest absolute Gasteiger partial charge is 0.376 e.